The molecule has 0 radical (unpaired) electrons. The van der Waals surface area contributed by atoms with Gasteiger partial charge in [0, 0.05) is 45.0 Å². The summed E-state index contributed by atoms with van der Waals surface area (Å²) >= 11 is 0. The van der Waals surface area contributed by atoms with E-state index < -0.39 is 5.92 Å². The predicted octanol–water partition coefficient (Wildman–Crippen LogP) is 3.54. The summed E-state index contributed by atoms with van der Waals surface area (Å²) in [7, 11) is 0. The number of carbonyl (C=O) groups is 2. The van der Waals surface area contributed by atoms with Crippen molar-refractivity contribution >= 4 is 28.3 Å². The minimum absolute atomic E-state index is 0.00681. The Balaban J connectivity index is 1.21. The molecule has 0 bridgehead atoms. The SMILES string of the molecule is O=C([C@H]1CCN(c2ccc3ccccc3c2)C1=O)N1CCN(Cc2ccccc2)CC1. The first kappa shape index (κ1) is 19.8. The van der Waals surface area contributed by atoms with Crippen LogP contribution in [-0.2, 0) is 16.1 Å². The van der Waals surface area contributed by atoms with Gasteiger partial charge in [-0.15, -0.1) is 0 Å². The summed E-state index contributed by atoms with van der Waals surface area (Å²) in [5.41, 5.74) is 2.17. The molecule has 1 atom stereocenters. The molecular weight excluding hydrogens is 386 g/mol. The molecule has 0 spiro atoms. The second kappa shape index (κ2) is 8.52. The van der Waals surface area contributed by atoms with Crippen molar-refractivity contribution in [2.45, 2.75) is 13.0 Å². The molecule has 2 amide bonds. The van der Waals surface area contributed by atoms with Crippen LogP contribution in [0.25, 0.3) is 10.8 Å². The molecule has 5 rings (SSSR count). The molecule has 0 aliphatic carbocycles. The largest absolute Gasteiger partial charge is 0.339 e. The lowest BCUT2D eigenvalue weighted by Gasteiger charge is -2.35. The van der Waals surface area contributed by atoms with Crippen molar-refractivity contribution in [3.8, 4) is 0 Å². The number of benzene rings is 3. The number of anilines is 1. The van der Waals surface area contributed by atoms with Crippen molar-refractivity contribution < 1.29 is 9.59 Å². The summed E-state index contributed by atoms with van der Waals surface area (Å²) < 4.78 is 0. The summed E-state index contributed by atoms with van der Waals surface area (Å²) in [4.78, 5) is 32.3. The highest BCUT2D eigenvalue weighted by molar-refractivity contribution is 6.10. The Morgan fingerprint density at radius 3 is 2.29 bits per heavy atom. The normalized spacial score (nSPS) is 19.9. The van der Waals surface area contributed by atoms with Gasteiger partial charge in [0.05, 0.1) is 0 Å². The van der Waals surface area contributed by atoms with E-state index in [4.69, 9.17) is 0 Å². The Labute approximate surface area is 182 Å². The number of rotatable bonds is 4. The van der Waals surface area contributed by atoms with E-state index in [2.05, 4.69) is 41.3 Å². The van der Waals surface area contributed by atoms with E-state index in [0.29, 0.717) is 26.1 Å². The third-order valence-electron chi connectivity index (χ3n) is 6.48. The lowest BCUT2D eigenvalue weighted by molar-refractivity contribution is -0.141. The van der Waals surface area contributed by atoms with Gasteiger partial charge < -0.3 is 9.80 Å². The van der Waals surface area contributed by atoms with Crippen molar-refractivity contribution in [2.75, 3.05) is 37.6 Å². The average molecular weight is 414 g/mol. The topological polar surface area (TPSA) is 43.9 Å². The second-order valence-corrected chi connectivity index (χ2v) is 8.45. The van der Waals surface area contributed by atoms with E-state index in [9.17, 15) is 9.59 Å². The number of piperazine rings is 1. The molecule has 31 heavy (non-hydrogen) atoms. The highest BCUT2D eigenvalue weighted by Crippen LogP contribution is 2.29. The molecule has 2 fully saturated rings. The first-order chi connectivity index (χ1) is 15.2. The van der Waals surface area contributed by atoms with Crippen LogP contribution in [0.15, 0.2) is 72.8 Å². The molecule has 2 saturated heterocycles. The maximum absolute atomic E-state index is 13.1. The standard InChI is InChI=1S/C26H27N3O2/c30-25(28-16-14-27(15-17-28)19-20-6-2-1-3-7-20)24-12-13-29(26(24)31)23-11-10-21-8-4-5-9-22(21)18-23/h1-11,18,24H,12-17,19H2/t24-/m1/s1. The molecule has 0 aromatic heterocycles. The van der Waals surface area contributed by atoms with E-state index in [1.807, 2.05) is 41.3 Å². The van der Waals surface area contributed by atoms with Gasteiger partial charge >= 0.3 is 0 Å². The van der Waals surface area contributed by atoms with Gasteiger partial charge in [-0.05, 0) is 34.9 Å². The first-order valence-corrected chi connectivity index (χ1v) is 11.0. The number of fused-ring (bicyclic) bond motifs is 1. The van der Waals surface area contributed by atoms with Crippen LogP contribution in [0.1, 0.15) is 12.0 Å². The fourth-order valence-electron chi connectivity index (χ4n) is 4.70. The van der Waals surface area contributed by atoms with Crippen LogP contribution >= 0.6 is 0 Å². The molecule has 5 heteroatoms. The number of nitrogens with zero attached hydrogens (tertiary/aromatic N) is 3. The predicted molar refractivity (Wildman–Crippen MR) is 123 cm³/mol. The molecule has 3 aromatic rings. The van der Waals surface area contributed by atoms with Crippen molar-refractivity contribution in [3.05, 3.63) is 78.4 Å². The maximum Gasteiger partial charge on any atom is 0.239 e. The highest BCUT2D eigenvalue weighted by Gasteiger charge is 2.40. The fraction of sp³-hybridized carbons (Fsp3) is 0.308. The number of hydrogen-bond donors (Lipinski definition) is 0. The Morgan fingerprint density at radius 2 is 1.52 bits per heavy atom. The third-order valence-corrected chi connectivity index (χ3v) is 6.48. The van der Waals surface area contributed by atoms with Crippen molar-refractivity contribution in [3.63, 3.8) is 0 Å². The highest BCUT2D eigenvalue weighted by atomic mass is 16.2. The Kier molecular flexibility index (Phi) is 5.43. The van der Waals surface area contributed by atoms with E-state index in [0.717, 1.165) is 36.1 Å². The summed E-state index contributed by atoms with van der Waals surface area (Å²) in [6.07, 6.45) is 0.592. The lowest BCUT2D eigenvalue weighted by atomic mass is 10.1. The van der Waals surface area contributed by atoms with E-state index in [-0.39, 0.29) is 11.8 Å². The molecule has 0 N–H and O–H groups in total. The molecule has 0 saturated carbocycles. The quantitative estimate of drug-likeness (QED) is 0.615. The molecule has 0 unspecified atom stereocenters. The number of hydrogen-bond acceptors (Lipinski definition) is 3. The minimum atomic E-state index is -0.549. The van der Waals surface area contributed by atoms with Gasteiger partial charge in [-0.1, -0.05) is 60.7 Å². The number of carbonyl (C=O) groups excluding carboxylic acids is 2. The van der Waals surface area contributed by atoms with Crippen LogP contribution in [-0.4, -0.2) is 54.3 Å². The van der Waals surface area contributed by atoms with Crippen LogP contribution in [0.5, 0.6) is 0 Å². The van der Waals surface area contributed by atoms with Gasteiger partial charge in [-0.2, -0.15) is 0 Å². The average Bonchev–Trinajstić information content (AvgIpc) is 3.20. The summed E-state index contributed by atoms with van der Waals surface area (Å²) in [5, 5.41) is 2.26. The van der Waals surface area contributed by atoms with E-state index >= 15 is 0 Å². The van der Waals surface area contributed by atoms with Crippen LogP contribution in [0.4, 0.5) is 5.69 Å². The summed E-state index contributed by atoms with van der Waals surface area (Å²) in [6.45, 7) is 4.56. The minimum Gasteiger partial charge on any atom is -0.339 e. The van der Waals surface area contributed by atoms with E-state index in [1.165, 1.54) is 5.56 Å². The van der Waals surface area contributed by atoms with Gasteiger partial charge in [-0.3, -0.25) is 14.5 Å². The lowest BCUT2D eigenvalue weighted by Crippen LogP contribution is -2.51. The Morgan fingerprint density at radius 1 is 0.806 bits per heavy atom. The van der Waals surface area contributed by atoms with Crippen molar-refractivity contribution in [2.24, 2.45) is 5.92 Å². The monoisotopic (exact) mass is 413 g/mol. The molecule has 3 aromatic carbocycles. The van der Waals surface area contributed by atoms with Crippen LogP contribution in [0.2, 0.25) is 0 Å². The first-order valence-electron chi connectivity index (χ1n) is 11.0. The van der Waals surface area contributed by atoms with Crippen LogP contribution in [0, 0.1) is 5.92 Å². The molecule has 2 aliphatic heterocycles. The Bertz CT molecular complexity index is 1090. The van der Waals surface area contributed by atoms with Crippen molar-refractivity contribution in [1.82, 2.24) is 9.80 Å². The van der Waals surface area contributed by atoms with Crippen LogP contribution in [0.3, 0.4) is 0 Å². The maximum atomic E-state index is 13.1. The smallest absolute Gasteiger partial charge is 0.239 e. The van der Waals surface area contributed by atoms with Gasteiger partial charge in [0.25, 0.3) is 0 Å². The molecule has 2 heterocycles. The molecule has 158 valence electrons. The summed E-state index contributed by atoms with van der Waals surface area (Å²) in [5.74, 6) is -0.619. The zero-order valence-electron chi connectivity index (χ0n) is 17.6. The van der Waals surface area contributed by atoms with Gasteiger partial charge in [-0.25, -0.2) is 0 Å². The van der Waals surface area contributed by atoms with Gasteiger partial charge in [0.15, 0.2) is 0 Å². The fourth-order valence-corrected chi connectivity index (χ4v) is 4.70. The third kappa shape index (κ3) is 4.06. The number of amides is 2. The zero-order chi connectivity index (χ0) is 21.2. The molecular formula is C26H27N3O2. The summed E-state index contributed by atoms with van der Waals surface area (Å²) in [6, 6.07) is 24.6. The van der Waals surface area contributed by atoms with Gasteiger partial charge in [0.2, 0.25) is 11.8 Å². The molecule has 2 aliphatic rings. The molecule has 5 nitrogen and oxygen atoms in total. The van der Waals surface area contributed by atoms with Gasteiger partial charge in [0.1, 0.15) is 5.92 Å². The zero-order valence-corrected chi connectivity index (χ0v) is 17.6. The van der Waals surface area contributed by atoms with Crippen molar-refractivity contribution in [1.29, 1.82) is 0 Å². The Hall–Kier alpha value is -3.18. The van der Waals surface area contributed by atoms with E-state index in [1.54, 1.807) is 4.90 Å². The second-order valence-electron chi connectivity index (χ2n) is 8.45. The van der Waals surface area contributed by atoms with Crippen LogP contribution < -0.4 is 4.90 Å².